The Morgan fingerprint density at radius 1 is 1.19 bits per heavy atom. The van der Waals surface area contributed by atoms with Gasteiger partial charge < -0.3 is 24.7 Å². The van der Waals surface area contributed by atoms with Gasteiger partial charge in [-0.1, -0.05) is 29.3 Å². The number of nitrogens with zero attached hydrogens (tertiary/aromatic N) is 2. The fraction of sp³-hybridized carbons (Fsp3) is 0.179. The van der Waals surface area contributed by atoms with Crippen molar-refractivity contribution in [3.63, 3.8) is 0 Å². The number of hydrogen-bond acceptors (Lipinski definition) is 8. The molecule has 2 aromatic heterocycles. The van der Waals surface area contributed by atoms with Crippen molar-refractivity contribution in [2.45, 2.75) is 17.8 Å². The number of fused-ring (bicyclic) bond motifs is 2. The van der Waals surface area contributed by atoms with Crippen molar-refractivity contribution in [2.75, 3.05) is 12.4 Å². The Balaban J connectivity index is 1.25. The van der Waals surface area contributed by atoms with Crippen LogP contribution in [0.15, 0.2) is 70.0 Å². The number of H-pyrrole nitrogens is 1. The molecule has 3 N–H and O–H groups in total. The highest BCUT2D eigenvalue weighted by Crippen LogP contribution is 2.38. The molecule has 11 nitrogen and oxygen atoms in total. The first-order valence-electron chi connectivity index (χ1n) is 12.7. The third kappa shape index (κ3) is 5.61. The largest absolute Gasteiger partial charge is 0.614 e. The Kier molecular flexibility index (Phi) is 7.92. The molecule has 0 saturated carbocycles. The van der Waals surface area contributed by atoms with Crippen molar-refractivity contribution < 1.29 is 28.8 Å². The summed E-state index contributed by atoms with van der Waals surface area (Å²) in [5, 5.41) is 14.4. The van der Waals surface area contributed by atoms with Gasteiger partial charge in [-0.15, -0.1) is 11.3 Å². The van der Waals surface area contributed by atoms with Crippen LogP contribution in [-0.2, 0) is 32.0 Å². The fourth-order valence-electron chi connectivity index (χ4n) is 4.98. The Morgan fingerprint density at radius 3 is 2.70 bits per heavy atom. The van der Waals surface area contributed by atoms with E-state index in [0.717, 1.165) is 9.78 Å². The highest BCUT2D eigenvalue weighted by molar-refractivity contribution is 7.92. The van der Waals surface area contributed by atoms with E-state index in [0.29, 0.717) is 21.1 Å². The number of rotatable bonds is 8. The van der Waals surface area contributed by atoms with Crippen LogP contribution in [0.25, 0.3) is 22.3 Å². The zero-order valence-corrected chi connectivity index (χ0v) is 25.0. The van der Waals surface area contributed by atoms with Gasteiger partial charge in [-0.05, 0) is 59.0 Å². The maximum atomic E-state index is 13.2. The number of carbonyl (C=O) groups is 3. The van der Waals surface area contributed by atoms with Crippen molar-refractivity contribution in [1.82, 2.24) is 20.2 Å². The molecule has 2 aliphatic rings. The number of aliphatic carboxylic acids is 1. The lowest BCUT2D eigenvalue weighted by Crippen LogP contribution is -2.75. The highest BCUT2D eigenvalue weighted by atomic mass is 35.5. The lowest BCUT2D eigenvalue weighted by Gasteiger charge is -2.48. The normalized spacial score (nSPS) is 19.7. The smallest absolute Gasteiger partial charge is 0.353 e. The molecule has 2 aliphatic heterocycles. The molecule has 15 heteroatoms. The monoisotopic (exact) mass is 658 g/mol. The van der Waals surface area contributed by atoms with Gasteiger partial charge in [0, 0.05) is 20.5 Å². The Morgan fingerprint density at radius 2 is 1.95 bits per heavy atom. The molecular formula is C28H20Cl2N4O7S2. The minimum atomic E-state index is -1.73. The number of ether oxygens (including phenoxy) is 1. The van der Waals surface area contributed by atoms with Gasteiger partial charge in [0.1, 0.15) is 29.6 Å². The first-order chi connectivity index (χ1) is 20.6. The van der Waals surface area contributed by atoms with Crippen LogP contribution in [0.5, 0.6) is 5.75 Å². The van der Waals surface area contributed by atoms with Crippen molar-refractivity contribution in [3.8, 4) is 17.1 Å². The fourth-order valence-corrected chi connectivity index (χ4v) is 7.69. The second kappa shape index (κ2) is 11.7. The average molecular weight is 660 g/mol. The molecule has 2 amide bonds. The predicted octanol–water partition coefficient (Wildman–Crippen LogP) is 3.33. The van der Waals surface area contributed by atoms with Gasteiger partial charge in [-0.3, -0.25) is 19.3 Å². The van der Waals surface area contributed by atoms with Crippen LogP contribution in [0.2, 0.25) is 10.0 Å². The van der Waals surface area contributed by atoms with E-state index in [1.165, 1.54) is 29.5 Å². The molecule has 6 rings (SSSR count). The number of aromatic nitrogens is 2. The average Bonchev–Trinajstić information content (AvgIpc) is 3.48. The summed E-state index contributed by atoms with van der Waals surface area (Å²) >= 11 is 11.9. The van der Waals surface area contributed by atoms with E-state index < -0.39 is 45.9 Å². The predicted molar refractivity (Wildman–Crippen MR) is 162 cm³/mol. The number of thiophene rings is 1. The highest BCUT2D eigenvalue weighted by Gasteiger charge is 2.61. The summed E-state index contributed by atoms with van der Waals surface area (Å²) in [6.45, 7) is -0.332. The second-order valence-electron chi connectivity index (χ2n) is 9.69. The van der Waals surface area contributed by atoms with Gasteiger partial charge in [-0.25, -0.2) is 9.78 Å². The summed E-state index contributed by atoms with van der Waals surface area (Å²) < 4.78 is 19.2. The van der Waals surface area contributed by atoms with E-state index in [4.69, 9.17) is 27.9 Å². The number of nitrogens with one attached hydrogen (secondary N) is 2. The molecule has 1 saturated heterocycles. The Hall–Kier alpha value is -3.88. The number of halogens is 2. The van der Waals surface area contributed by atoms with Crippen LogP contribution in [-0.4, -0.2) is 66.1 Å². The molecule has 43 heavy (non-hydrogen) atoms. The SMILES string of the molecule is O=C(Cc1cccs1)N[C@@H]1C(=O)N2C(C(=O)O)=C(COc3ccc(Cl)cc3-c3nc4ccc(Cl)cc4c(=O)[nH]3)C[S+]([O-])C12. The zero-order valence-electron chi connectivity index (χ0n) is 21.8. The van der Waals surface area contributed by atoms with Gasteiger partial charge in [0.2, 0.25) is 11.3 Å². The number of carboxylic acid groups (broad SMARTS) is 1. The number of amides is 2. The maximum Gasteiger partial charge on any atom is 0.353 e. The van der Waals surface area contributed by atoms with E-state index in [1.54, 1.807) is 30.3 Å². The Labute approximate surface area is 260 Å². The van der Waals surface area contributed by atoms with E-state index in [2.05, 4.69) is 15.3 Å². The summed E-state index contributed by atoms with van der Waals surface area (Å²) in [5.41, 5.74) is 0.0397. The van der Waals surface area contributed by atoms with E-state index >= 15 is 0 Å². The van der Waals surface area contributed by atoms with E-state index in [9.17, 15) is 28.8 Å². The standard InChI is InChI=1S/C28H20Cl2N4O7S2/c29-14-3-5-19-17(8-14)25(36)33-24(31-19)18-9-15(30)4-6-20(18)41-11-13-12-43(40)27-22(26(37)34(27)23(13)28(38)39)32-21(35)10-16-2-1-7-42-16/h1-9,22,27H,10-12H2,(H,32,35)(H,38,39)(H,31,33,36)/t22-,27?,43?/m1/s1. The van der Waals surface area contributed by atoms with Crippen LogP contribution >= 0.6 is 34.5 Å². The molecule has 2 aromatic carbocycles. The van der Waals surface area contributed by atoms with Crippen LogP contribution in [0.4, 0.5) is 0 Å². The van der Waals surface area contributed by atoms with Gasteiger partial charge in [-0.2, -0.15) is 0 Å². The summed E-state index contributed by atoms with van der Waals surface area (Å²) in [5.74, 6) is -2.32. The first kappa shape index (κ1) is 29.2. The van der Waals surface area contributed by atoms with Crippen molar-refractivity contribution in [2.24, 2.45) is 0 Å². The van der Waals surface area contributed by atoms with Crippen LogP contribution in [0.1, 0.15) is 4.88 Å². The molecule has 0 bridgehead atoms. The minimum absolute atomic E-state index is 0.0516. The number of carbonyl (C=O) groups excluding carboxylic acids is 2. The first-order valence-corrected chi connectivity index (χ1v) is 15.7. The van der Waals surface area contributed by atoms with Crippen molar-refractivity contribution in [1.29, 1.82) is 0 Å². The molecule has 2 unspecified atom stereocenters. The van der Waals surface area contributed by atoms with Gasteiger partial charge in [0.15, 0.2) is 6.04 Å². The third-order valence-electron chi connectivity index (χ3n) is 6.90. The summed E-state index contributed by atoms with van der Waals surface area (Å²) in [7, 11) is 0. The number of benzene rings is 2. The van der Waals surface area contributed by atoms with Crippen LogP contribution in [0, 0.1) is 0 Å². The third-order valence-corrected chi connectivity index (χ3v) is 9.91. The van der Waals surface area contributed by atoms with E-state index in [-0.39, 0.29) is 47.0 Å². The number of carboxylic acids is 1. The molecule has 0 radical (unpaired) electrons. The second-order valence-corrected chi connectivity index (χ2v) is 13.1. The van der Waals surface area contributed by atoms with E-state index in [1.807, 2.05) is 5.38 Å². The molecule has 0 aliphatic carbocycles. The lowest BCUT2D eigenvalue weighted by atomic mass is 10.0. The number of hydrogen-bond donors (Lipinski definition) is 3. The summed E-state index contributed by atoms with van der Waals surface area (Å²) in [4.78, 5) is 59.5. The molecule has 0 spiro atoms. The molecule has 4 heterocycles. The Bertz CT molecular complexity index is 1880. The lowest BCUT2D eigenvalue weighted by molar-refractivity contribution is -0.151. The van der Waals surface area contributed by atoms with Gasteiger partial charge in [0.25, 0.3) is 11.5 Å². The van der Waals surface area contributed by atoms with Gasteiger partial charge >= 0.3 is 5.97 Å². The van der Waals surface area contributed by atoms with Crippen LogP contribution < -0.4 is 15.6 Å². The van der Waals surface area contributed by atoms with Crippen LogP contribution in [0.3, 0.4) is 0 Å². The molecule has 220 valence electrons. The molecule has 1 fully saturated rings. The maximum absolute atomic E-state index is 13.2. The molecule has 3 atom stereocenters. The van der Waals surface area contributed by atoms with Gasteiger partial charge in [0.05, 0.1) is 22.9 Å². The molecule has 4 aromatic rings. The van der Waals surface area contributed by atoms with Crippen molar-refractivity contribution in [3.05, 3.63) is 90.5 Å². The minimum Gasteiger partial charge on any atom is -0.614 e. The topological polar surface area (TPSA) is 165 Å². The quantitative estimate of drug-likeness (QED) is 0.192. The number of β-lactam (4-membered cyclic amide) rings is 1. The van der Waals surface area contributed by atoms with Crippen molar-refractivity contribution >= 4 is 74.4 Å². The summed E-state index contributed by atoms with van der Waals surface area (Å²) in [6.07, 6.45) is 0.0516. The summed E-state index contributed by atoms with van der Waals surface area (Å²) in [6, 6.07) is 11.8. The molecular weight excluding hydrogens is 639 g/mol. The zero-order chi connectivity index (χ0) is 30.4. The number of aromatic amines is 1.